The van der Waals surface area contributed by atoms with Crippen molar-refractivity contribution in [2.75, 3.05) is 13.2 Å². The molecule has 38 heavy (non-hydrogen) atoms. The number of hydrogen-bond donors (Lipinski definition) is 1. The van der Waals surface area contributed by atoms with E-state index in [1.54, 1.807) is 0 Å². The second-order valence-electron chi connectivity index (χ2n) is 10.9. The van der Waals surface area contributed by atoms with Gasteiger partial charge in [-0.1, -0.05) is 129 Å². The van der Waals surface area contributed by atoms with E-state index in [0.29, 0.717) is 12.8 Å². The Balaban J connectivity index is 3.59. The quantitative estimate of drug-likeness (QED) is 0.0583. The van der Waals surface area contributed by atoms with Gasteiger partial charge in [-0.15, -0.1) is 0 Å². The van der Waals surface area contributed by atoms with E-state index in [4.69, 9.17) is 9.47 Å². The molecule has 0 radical (unpaired) electrons. The van der Waals surface area contributed by atoms with E-state index in [-0.39, 0.29) is 25.2 Å². The number of rotatable bonds is 29. The van der Waals surface area contributed by atoms with Gasteiger partial charge in [0.05, 0.1) is 6.61 Å². The molecule has 0 amide bonds. The molecule has 0 aliphatic carbocycles. The number of carbonyl (C=O) groups is 2. The van der Waals surface area contributed by atoms with Crippen molar-refractivity contribution in [1.82, 2.24) is 0 Å². The van der Waals surface area contributed by atoms with Crippen molar-refractivity contribution in [2.45, 2.75) is 174 Å². The Kier molecular flexibility index (Phi) is 29.1. The predicted molar refractivity (Wildman–Crippen MR) is 159 cm³/mol. The van der Waals surface area contributed by atoms with Crippen molar-refractivity contribution in [3.05, 3.63) is 12.2 Å². The molecule has 0 unspecified atom stereocenters. The van der Waals surface area contributed by atoms with Crippen LogP contribution in [0.4, 0.5) is 0 Å². The van der Waals surface area contributed by atoms with E-state index in [0.717, 1.165) is 44.9 Å². The maximum atomic E-state index is 12.0. The largest absolute Gasteiger partial charge is 0.462 e. The molecule has 0 aromatic rings. The Bertz CT molecular complexity index is 546. The summed E-state index contributed by atoms with van der Waals surface area (Å²) in [6, 6.07) is 0. The summed E-state index contributed by atoms with van der Waals surface area (Å²) in [4.78, 5) is 24.0. The lowest BCUT2D eigenvalue weighted by Gasteiger charge is -2.15. The molecule has 0 aromatic carbocycles. The topological polar surface area (TPSA) is 72.8 Å². The van der Waals surface area contributed by atoms with Crippen molar-refractivity contribution in [2.24, 2.45) is 0 Å². The Labute approximate surface area is 235 Å². The minimum absolute atomic E-state index is 0.0654. The van der Waals surface area contributed by atoms with Crippen LogP contribution in [-0.4, -0.2) is 36.4 Å². The van der Waals surface area contributed by atoms with Gasteiger partial charge in [0.2, 0.25) is 0 Å². The van der Waals surface area contributed by atoms with E-state index in [1.165, 1.54) is 96.3 Å². The first-order valence-electron chi connectivity index (χ1n) is 16.2. The molecule has 1 N–H and O–H groups in total. The number of unbranched alkanes of at least 4 members (excludes halogenated alkanes) is 19. The number of aliphatic hydroxyl groups excluding tert-OH is 1. The number of aliphatic hydroxyl groups is 1. The average Bonchev–Trinajstić information content (AvgIpc) is 2.92. The summed E-state index contributed by atoms with van der Waals surface area (Å²) in [5, 5.41) is 9.47. The van der Waals surface area contributed by atoms with E-state index in [2.05, 4.69) is 26.0 Å². The molecular weight excluding hydrogens is 476 g/mol. The molecule has 0 aliphatic rings. The highest BCUT2D eigenvalue weighted by molar-refractivity contribution is 5.70. The Morgan fingerprint density at radius 3 is 1.45 bits per heavy atom. The number of ether oxygens (including phenoxy) is 2. The zero-order valence-electron chi connectivity index (χ0n) is 25.2. The van der Waals surface area contributed by atoms with Gasteiger partial charge in [-0.3, -0.25) is 9.59 Å². The summed E-state index contributed by atoms with van der Waals surface area (Å²) < 4.78 is 10.5. The lowest BCUT2D eigenvalue weighted by Crippen LogP contribution is -2.28. The highest BCUT2D eigenvalue weighted by atomic mass is 16.6. The highest BCUT2D eigenvalue weighted by Crippen LogP contribution is 2.13. The second kappa shape index (κ2) is 30.2. The predicted octanol–water partition coefficient (Wildman–Crippen LogP) is 9.39. The maximum absolute atomic E-state index is 12.0. The summed E-state index contributed by atoms with van der Waals surface area (Å²) in [6.45, 7) is 4.09. The smallest absolute Gasteiger partial charge is 0.306 e. The molecule has 0 fully saturated rings. The van der Waals surface area contributed by atoms with Gasteiger partial charge in [0.25, 0.3) is 0 Å². The fourth-order valence-corrected chi connectivity index (χ4v) is 4.55. The van der Waals surface area contributed by atoms with Gasteiger partial charge in [-0.05, 0) is 38.5 Å². The average molecular weight is 539 g/mol. The van der Waals surface area contributed by atoms with Gasteiger partial charge < -0.3 is 14.6 Å². The lowest BCUT2D eigenvalue weighted by molar-refractivity contribution is -0.161. The van der Waals surface area contributed by atoms with E-state index in [9.17, 15) is 14.7 Å². The van der Waals surface area contributed by atoms with Gasteiger partial charge in [0, 0.05) is 12.8 Å². The van der Waals surface area contributed by atoms with Crippen molar-refractivity contribution < 1.29 is 24.2 Å². The normalized spacial score (nSPS) is 12.2. The number of allylic oxidation sites excluding steroid dienone is 2. The Morgan fingerprint density at radius 1 is 0.579 bits per heavy atom. The molecule has 0 rings (SSSR count). The molecule has 0 saturated heterocycles. The minimum Gasteiger partial charge on any atom is -0.462 e. The van der Waals surface area contributed by atoms with Gasteiger partial charge in [0.1, 0.15) is 6.61 Å². The van der Waals surface area contributed by atoms with Gasteiger partial charge in [0.15, 0.2) is 6.10 Å². The van der Waals surface area contributed by atoms with Crippen LogP contribution < -0.4 is 0 Å². The summed E-state index contributed by atoms with van der Waals surface area (Å²) in [6.07, 6.45) is 31.1. The first-order chi connectivity index (χ1) is 18.6. The van der Waals surface area contributed by atoms with Gasteiger partial charge in [-0.2, -0.15) is 0 Å². The monoisotopic (exact) mass is 538 g/mol. The molecule has 0 saturated carbocycles. The van der Waals surface area contributed by atoms with Crippen LogP contribution in [0.1, 0.15) is 168 Å². The SMILES string of the molecule is CCCCCCC=CCCCCCCCC(=O)OC[C@H](CO)OC(=O)CCCCCCCCCCCCC. The standard InChI is InChI=1S/C33H62O5/c1-3-5-7-9-11-13-15-16-18-19-21-23-25-27-32(35)37-30-31(29-34)38-33(36)28-26-24-22-20-17-14-12-10-8-6-4-2/h13,15,31,34H,3-12,14,16-30H2,1-2H3/t31-/m0/s1. The molecule has 0 aromatic heterocycles. The Hall–Kier alpha value is -1.36. The second-order valence-corrected chi connectivity index (χ2v) is 10.9. The summed E-state index contributed by atoms with van der Waals surface area (Å²) >= 11 is 0. The molecule has 0 spiro atoms. The van der Waals surface area contributed by atoms with Crippen LogP contribution in [0.5, 0.6) is 0 Å². The zero-order chi connectivity index (χ0) is 27.9. The van der Waals surface area contributed by atoms with Crippen LogP contribution in [0, 0.1) is 0 Å². The van der Waals surface area contributed by atoms with E-state index in [1.807, 2.05) is 0 Å². The fourth-order valence-electron chi connectivity index (χ4n) is 4.55. The van der Waals surface area contributed by atoms with Crippen molar-refractivity contribution in [3.8, 4) is 0 Å². The van der Waals surface area contributed by atoms with E-state index < -0.39 is 6.10 Å². The molecule has 0 heterocycles. The number of carbonyl (C=O) groups excluding carboxylic acids is 2. The van der Waals surface area contributed by atoms with Crippen LogP contribution in [0.15, 0.2) is 12.2 Å². The van der Waals surface area contributed by atoms with Crippen molar-refractivity contribution in [1.29, 1.82) is 0 Å². The molecular formula is C33H62O5. The van der Waals surface area contributed by atoms with Crippen LogP contribution in [0.3, 0.4) is 0 Å². The summed E-state index contributed by atoms with van der Waals surface area (Å²) in [7, 11) is 0. The first-order valence-corrected chi connectivity index (χ1v) is 16.2. The van der Waals surface area contributed by atoms with Gasteiger partial charge in [-0.25, -0.2) is 0 Å². The number of esters is 2. The summed E-state index contributed by atoms with van der Waals surface area (Å²) in [5.41, 5.74) is 0. The minimum atomic E-state index is -0.765. The number of hydrogen-bond acceptors (Lipinski definition) is 5. The fraction of sp³-hybridized carbons (Fsp3) is 0.879. The molecule has 224 valence electrons. The van der Waals surface area contributed by atoms with Crippen molar-refractivity contribution in [3.63, 3.8) is 0 Å². The van der Waals surface area contributed by atoms with E-state index >= 15 is 0 Å². The molecule has 0 aliphatic heterocycles. The van der Waals surface area contributed by atoms with Gasteiger partial charge >= 0.3 is 11.9 Å². The maximum Gasteiger partial charge on any atom is 0.306 e. The van der Waals surface area contributed by atoms with Crippen LogP contribution in [0.25, 0.3) is 0 Å². The third-order valence-corrected chi connectivity index (χ3v) is 7.06. The highest BCUT2D eigenvalue weighted by Gasteiger charge is 2.16. The van der Waals surface area contributed by atoms with Crippen molar-refractivity contribution >= 4 is 11.9 Å². The lowest BCUT2D eigenvalue weighted by atomic mass is 10.1. The third kappa shape index (κ3) is 27.7. The first kappa shape index (κ1) is 36.6. The van der Waals surface area contributed by atoms with Crippen LogP contribution >= 0.6 is 0 Å². The zero-order valence-corrected chi connectivity index (χ0v) is 25.2. The molecule has 0 bridgehead atoms. The van der Waals surface area contributed by atoms with Crippen LogP contribution in [0.2, 0.25) is 0 Å². The Morgan fingerprint density at radius 2 is 0.974 bits per heavy atom. The van der Waals surface area contributed by atoms with Crippen LogP contribution in [-0.2, 0) is 19.1 Å². The third-order valence-electron chi connectivity index (χ3n) is 7.06. The molecule has 5 nitrogen and oxygen atoms in total. The summed E-state index contributed by atoms with van der Waals surface area (Å²) in [5.74, 6) is -0.599. The molecule has 5 heteroatoms. The molecule has 1 atom stereocenters.